The minimum absolute atomic E-state index is 0.400. The third kappa shape index (κ3) is 3.00. The van der Waals surface area contributed by atoms with Crippen LogP contribution in [0.15, 0.2) is 97.1 Å². The predicted octanol–water partition coefficient (Wildman–Crippen LogP) is 5.11. The van der Waals surface area contributed by atoms with Crippen molar-refractivity contribution in [2.45, 2.75) is 12.5 Å². The molecule has 3 aromatic rings. The summed E-state index contributed by atoms with van der Waals surface area (Å²) >= 11 is 0. The van der Waals surface area contributed by atoms with Gasteiger partial charge in [0, 0.05) is 0 Å². The van der Waals surface area contributed by atoms with Crippen molar-refractivity contribution in [1.29, 1.82) is 0 Å². The van der Waals surface area contributed by atoms with Gasteiger partial charge in [-0.2, -0.15) is 0 Å². The fourth-order valence-corrected chi connectivity index (χ4v) is 3.55. The zero-order valence-electron chi connectivity index (χ0n) is 14.8. The number of allylic oxidation sites excluding steroid dienone is 1. The Hall–Kier alpha value is -2.62. The van der Waals surface area contributed by atoms with Crippen LogP contribution in [0, 0.1) is 0 Å². The molecule has 0 spiro atoms. The molecular weight excluding hydrogens is 319 g/mol. The summed E-state index contributed by atoms with van der Waals surface area (Å²) in [5, 5.41) is 0. The second-order valence-corrected chi connectivity index (χ2v) is 6.43. The van der Waals surface area contributed by atoms with Crippen LogP contribution in [0.4, 0.5) is 0 Å². The van der Waals surface area contributed by atoms with Crippen LogP contribution in [0.25, 0.3) is 5.47 Å². The van der Waals surface area contributed by atoms with Crippen LogP contribution in [-0.4, -0.2) is 13.7 Å². The van der Waals surface area contributed by atoms with Gasteiger partial charge in [0.05, 0.1) is 6.61 Å². The molecule has 2 nitrogen and oxygen atoms in total. The van der Waals surface area contributed by atoms with E-state index in [-0.39, 0.29) is 0 Å². The highest BCUT2D eigenvalue weighted by Crippen LogP contribution is 2.41. The molecule has 128 valence electrons. The van der Waals surface area contributed by atoms with Gasteiger partial charge in [-0.05, 0) is 29.1 Å². The molecule has 0 unspecified atom stereocenters. The molecule has 1 heterocycles. The molecule has 1 aliphatic heterocycles. The van der Waals surface area contributed by atoms with Gasteiger partial charge in [-0.3, -0.25) is 0 Å². The van der Waals surface area contributed by atoms with Crippen molar-refractivity contribution in [3.05, 3.63) is 114 Å². The average molecular weight is 340 g/mol. The van der Waals surface area contributed by atoms with Gasteiger partial charge in [-0.25, -0.2) is 0 Å². The lowest BCUT2D eigenvalue weighted by atomic mass is 9.73. The van der Waals surface area contributed by atoms with E-state index in [1.165, 1.54) is 0 Å². The molecule has 0 radical (unpaired) electrons. The summed E-state index contributed by atoms with van der Waals surface area (Å²) in [7, 11) is -0.400. The molecule has 1 aliphatic rings. The molecule has 1 saturated heterocycles. The monoisotopic (exact) mass is 340 g/mol. The van der Waals surface area contributed by atoms with Gasteiger partial charge in [0.25, 0.3) is 0 Å². The highest BCUT2D eigenvalue weighted by Gasteiger charge is 2.48. The van der Waals surface area contributed by atoms with E-state index in [0.717, 1.165) is 22.2 Å². The first-order chi connectivity index (χ1) is 12.8. The molecule has 0 atom stereocenters. The van der Waals surface area contributed by atoms with E-state index in [4.69, 9.17) is 9.31 Å². The minimum atomic E-state index is -0.601. The van der Waals surface area contributed by atoms with E-state index >= 15 is 0 Å². The van der Waals surface area contributed by atoms with Crippen LogP contribution in [-0.2, 0) is 14.9 Å². The topological polar surface area (TPSA) is 18.5 Å². The van der Waals surface area contributed by atoms with Gasteiger partial charge in [-0.1, -0.05) is 97.1 Å². The fraction of sp³-hybridized carbons (Fsp3) is 0.130. The average Bonchev–Trinajstić information content (AvgIpc) is 3.17. The Kier molecular flexibility index (Phi) is 4.74. The quantitative estimate of drug-likeness (QED) is 0.615. The second kappa shape index (κ2) is 7.32. The Morgan fingerprint density at radius 1 is 0.808 bits per heavy atom. The zero-order valence-corrected chi connectivity index (χ0v) is 14.8. The molecule has 0 saturated carbocycles. The Morgan fingerprint density at radius 2 is 1.31 bits per heavy atom. The molecular formula is C23H21BO2. The van der Waals surface area contributed by atoms with Crippen molar-refractivity contribution in [3.63, 3.8) is 0 Å². The summed E-state index contributed by atoms with van der Waals surface area (Å²) in [5.74, 6) is 0. The first kappa shape index (κ1) is 16.8. The van der Waals surface area contributed by atoms with Crippen LogP contribution in [0.2, 0.25) is 0 Å². The van der Waals surface area contributed by atoms with Crippen LogP contribution >= 0.6 is 0 Å². The van der Waals surface area contributed by atoms with E-state index in [1.807, 2.05) is 61.5 Å². The van der Waals surface area contributed by atoms with Crippen molar-refractivity contribution < 1.29 is 9.31 Å². The third-order valence-corrected chi connectivity index (χ3v) is 4.90. The van der Waals surface area contributed by atoms with E-state index in [2.05, 4.69) is 42.5 Å². The lowest BCUT2D eigenvalue weighted by Crippen LogP contribution is -2.32. The van der Waals surface area contributed by atoms with Crippen LogP contribution in [0.1, 0.15) is 23.6 Å². The summed E-state index contributed by atoms with van der Waals surface area (Å²) in [6.45, 7) is 2.51. The number of hydrogen-bond donors (Lipinski definition) is 0. The lowest BCUT2D eigenvalue weighted by molar-refractivity contribution is 0.139. The molecule has 3 heteroatoms. The zero-order chi connectivity index (χ0) is 17.8. The van der Waals surface area contributed by atoms with E-state index < -0.39 is 12.7 Å². The standard InChI is InChI=1S/C23H21BO2/c1-2-22(19-12-6-3-7-13-19)24-25-18-23(26-24,20-14-8-4-9-15-20)21-16-10-5-11-17-21/h2-17H,18H2,1H3. The second-order valence-electron chi connectivity index (χ2n) is 6.43. The molecule has 0 N–H and O–H groups in total. The van der Waals surface area contributed by atoms with Gasteiger partial charge in [0.15, 0.2) is 0 Å². The summed E-state index contributed by atoms with van der Waals surface area (Å²) in [5.41, 5.74) is 3.79. The van der Waals surface area contributed by atoms with Gasteiger partial charge in [0.2, 0.25) is 0 Å². The fourth-order valence-electron chi connectivity index (χ4n) is 3.55. The van der Waals surface area contributed by atoms with Gasteiger partial charge < -0.3 is 9.31 Å². The maximum atomic E-state index is 6.64. The van der Waals surface area contributed by atoms with Crippen molar-refractivity contribution in [1.82, 2.24) is 0 Å². The number of hydrogen-bond acceptors (Lipinski definition) is 2. The molecule has 3 aromatic carbocycles. The highest BCUT2D eigenvalue weighted by molar-refractivity contribution is 6.68. The minimum Gasteiger partial charge on any atom is -0.404 e. The Labute approximate surface area is 155 Å². The maximum Gasteiger partial charge on any atom is 0.495 e. The number of benzene rings is 3. The summed E-state index contributed by atoms with van der Waals surface area (Å²) in [6, 6.07) is 30.9. The lowest BCUT2D eigenvalue weighted by Gasteiger charge is -2.29. The normalized spacial score (nSPS) is 16.7. The predicted molar refractivity (Wildman–Crippen MR) is 107 cm³/mol. The molecule has 4 rings (SSSR count). The molecule has 0 amide bonds. The van der Waals surface area contributed by atoms with E-state index in [0.29, 0.717) is 6.61 Å². The summed E-state index contributed by atoms with van der Waals surface area (Å²) in [4.78, 5) is 0. The van der Waals surface area contributed by atoms with Crippen molar-refractivity contribution in [3.8, 4) is 0 Å². The molecule has 0 bridgehead atoms. The molecule has 26 heavy (non-hydrogen) atoms. The third-order valence-electron chi connectivity index (χ3n) is 4.90. The van der Waals surface area contributed by atoms with Gasteiger partial charge in [-0.15, -0.1) is 0 Å². The van der Waals surface area contributed by atoms with Crippen LogP contribution in [0.5, 0.6) is 0 Å². The summed E-state index contributed by atoms with van der Waals surface area (Å²) in [6.07, 6.45) is 2.08. The maximum absolute atomic E-state index is 6.64. The van der Waals surface area contributed by atoms with Crippen LogP contribution in [0.3, 0.4) is 0 Å². The van der Waals surface area contributed by atoms with Gasteiger partial charge in [0.1, 0.15) is 5.60 Å². The SMILES string of the molecule is CC=C(B1OCC(c2ccccc2)(c2ccccc2)O1)c1ccccc1. The molecule has 0 aliphatic carbocycles. The smallest absolute Gasteiger partial charge is 0.404 e. The van der Waals surface area contributed by atoms with E-state index in [9.17, 15) is 0 Å². The van der Waals surface area contributed by atoms with E-state index in [1.54, 1.807) is 0 Å². The van der Waals surface area contributed by atoms with Crippen molar-refractivity contribution in [2.75, 3.05) is 6.61 Å². The van der Waals surface area contributed by atoms with Crippen molar-refractivity contribution in [2.24, 2.45) is 0 Å². The highest BCUT2D eigenvalue weighted by atomic mass is 16.7. The Balaban J connectivity index is 1.74. The largest absolute Gasteiger partial charge is 0.495 e. The Morgan fingerprint density at radius 3 is 1.81 bits per heavy atom. The van der Waals surface area contributed by atoms with Crippen LogP contribution < -0.4 is 0 Å². The molecule has 0 aromatic heterocycles. The van der Waals surface area contributed by atoms with Gasteiger partial charge >= 0.3 is 7.12 Å². The van der Waals surface area contributed by atoms with Crippen molar-refractivity contribution >= 4 is 12.6 Å². The number of rotatable bonds is 4. The summed E-state index contributed by atoms with van der Waals surface area (Å²) < 4.78 is 12.8. The Bertz CT molecular complexity index is 836. The first-order valence-corrected chi connectivity index (χ1v) is 8.95. The molecule has 1 fully saturated rings. The first-order valence-electron chi connectivity index (χ1n) is 8.95.